The minimum absolute atomic E-state index is 0.127. The van der Waals surface area contributed by atoms with Crippen LogP contribution in [0.25, 0.3) is 0 Å². The molecule has 1 amide bonds. The molecule has 2 heterocycles. The van der Waals surface area contributed by atoms with Crippen molar-refractivity contribution < 1.29 is 4.79 Å². The van der Waals surface area contributed by atoms with Gasteiger partial charge in [0.2, 0.25) is 5.91 Å². The molecule has 0 spiro atoms. The summed E-state index contributed by atoms with van der Waals surface area (Å²) in [5, 5.41) is 8.47. The second kappa shape index (κ2) is 5.48. The zero-order chi connectivity index (χ0) is 16.0. The molecule has 0 radical (unpaired) electrons. The summed E-state index contributed by atoms with van der Waals surface area (Å²) in [6.45, 7) is 3.66. The lowest BCUT2D eigenvalue weighted by atomic mass is 10.0. The molecule has 0 saturated heterocycles. The smallest absolute Gasteiger partial charge is 0.226 e. The Morgan fingerprint density at radius 1 is 1.35 bits per heavy atom. The first-order valence-corrected chi connectivity index (χ1v) is 8.36. The van der Waals surface area contributed by atoms with Crippen LogP contribution in [0, 0.1) is 12.8 Å². The van der Waals surface area contributed by atoms with Crippen LogP contribution in [-0.4, -0.2) is 32.6 Å². The molecule has 5 heteroatoms. The Hall–Kier alpha value is -2.17. The van der Waals surface area contributed by atoms with Gasteiger partial charge in [0.05, 0.1) is 6.54 Å². The highest BCUT2D eigenvalue weighted by Gasteiger charge is 2.45. The van der Waals surface area contributed by atoms with E-state index in [-0.39, 0.29) is 11.8 Å². The maximum absolute atomic E-state index is 12.7. The first kappa shape index (κ1) is 14.4. The monoisotopic (exact) mass is 310 g/mol. The van der Waals surface area contributed by atoms with Crippen LogP contribution >= 0.6 is 0 Å². The number of amides is 1. The van der Waals surface area contributed by atoms with Crippen molar-refractivity contribution in [3.63, 3.8) is 0 Å². The summed E-state index contributed by atoms with van der Waals surface area (Å²) < 4.78 is 2.16. The van der Waals surface area contributed by atoms with Gasteiger partial charge in [0.1, 0.15) is 5.82 Å². The Kier molecular flexibility index (Phi) is 3.43. The van der Waals surface area contributed by atoms with E-state index in [1.165, 1.54) is 11.1 Å². The number of carbonyl (C=O) groups is 1. The number of aromatic nitrogens is 3. The lowest BCUT2D eigenvalue weighted by molar-refractivity contribution is -0.132. The summed E-state index contributed by atoms with van der Waals surface area (Å²) >= 11 is 0. The van der Waals surface area contributed by atoms with Gasteiger partial charge in [0, 0.05) is 25.9 Å². The molecule has 0 unspecified atom stereocenters. The Morgan fingerprint density at radius 2 is 2.17 bits per heavy atom. The molecule has 2 atom stereocenters. The number of benzene rings is 1. The van der Waals surface area contributed by atoms with E-state index in [4.69, 9.17) is 0 Å². The molecule has 23 heavy (non-hydrogen) atoms. The van der Waals surface area contributed by atoms with Gasteiger partial charge in [-0.25, -0.2) is 0 Å². The van der Waals surface area contributed by atoms with Crippen molar-refractivity contribution in [3.8, 4) is 0 Å². The molecule has 1 saturated carbocycles. The van der Waals surface area contributed by atoms with E-state index >= 15 is 0 Å². The van der Waals surface area contributed by atoms with E-state index in [1.54, 1.807) is 0 Å². The topological polar surface area (TPSA) is 51.0 Å². The molecule has 120 valence electrons. The van der Waals surface area contributed by atoms with Gasteiger partial charge < -0.3 is 9.47 Å². The highest BCUT2D eigenvalue weighted by Crippen LogP contribution is 2.49. The quantitative estimate of drug-likeness (QED) is 0.870. The van der Waals surface area contributed by atoms with Crippen molar-refractivity contribution in [3.05, 3.63) is 47.0 Å². The molecule has 4 rings (SSSR count). The van der Waals surface area contributed by atoms with E-state index in [0.29, 0.717) is 12.5 Å². The fourth-order valence-corrected chi connectivity index (χ4v) is 3.72. The molecular weight excluding hydrogens is 288 g/mol. The first-order chi connectivity index (χ1) is 11.1. The Balaban J connectivity index is 1.43. The van der Waals surface area contributed by atoms with Crippen molar-refractivity contribution in [2.45, 2.75) is 45.2 Å². The van der Waals surface area contributed by atoms with Gasteiger partial charge in [-0.15, -0.1) is 10.2 Å². The SMILES string of the molecule is Cc1ccccc1[C@@H]1C[C@H]1C(=O)N(C)Cc1nnc2n1CCC2. The third kappa shape index (κ3) is 2.54. The van der Waals surface area contributed by atoms with Gasteiger partial charge in [-0.1, -0.05) is 24.3 Å². The minimum atomic E-state index is 0.127. The summed E-state index contributed by atoms with van der Waals surface area (Å²) in [7, 11) is 1.88. The standard InChI is InChI=1S/C18H22N4O/c1-12-6-3-4-7-13(12)14-10-15(14)18(23)21(2)11-17-20-19-16-8-5-9-22(16)17/h3-4,6-7,14-15H,5,8-11H2,1-2H3/t14-,15+/m0/s1. The first-order valence-electron chi connectivity index (χ1n) is 8.36. The van der Waals surface area contributed by atoms with E-state index < -0.39 is 0 Å². The predicted octanol–water partition coefficient (Wildman–Crippen LogP) is 2.29. The van der Waals surface area contributed by atoms with Crippen LogP contribution < -0.4 is 0 Å². The molecule has 5 nitrogen and oxygen atoms in total. The summed E-state index contributed by atoms with van der Waals surface area (Å²) in [6.07, 6.45) is 3.10. The molecule has 1 fully saturated rings. The number of carbonyl (C=O) groups excluding carboxylic acids is 1. The maximum atomic E-state index is 12.7. The van der Waals surface area contributed by atoms with Crippen LogP contribution in [0.5, 0.6) is 0 Å². The number of fused-ring (bicyclic) bond motifs is 1. The molecule has 0 bridgehead atoms. The Morgan fingerprint density at radius 3 is 3.00 bits per heavy atom. The number of hydrogen-bond donors (Lipinski definition) is 0. The lowest BCUT2D eigenvalue weighted by Gasteiger charge is -2.17. The molecule has 0 N–H and O–H groups in total. The number of nitrogens with zero attached hydrogens (tertiary/aromatic N) is 4. The molecule has 1 aromatic carbocycles. The number of rotatable bonds is 4. The van der Waals surface area contributed by atoms with E-state index in [9.17, 15) is 4.79 Å². The zero-order valence-electron chi connectivity index (χ0n) is 13.7. The third-order valence-electron chi connectivity index (χ3n) is 5.14. The van der Waals surface area contributed by atoms with E-state index in [1.807, 2.05) is 11.9 Å². The molecule has 2 aliphatic rings. The highest BCUT2D eigenvalue weighted by atomic mass is 16.2. The second-order valence-electron chi connectivity index (χ2n) is 6.79. The second-order valence-corrected chi connectivity index (χ2v) is 6.79. The van der Waals surface area contributed by atoms with E-state index in [2.05, 4.69) is 46.0 Å². The van der Waals surface area contributed by atoms with Crippen molar-refractivity contribution in [1.82, 2.24) is 19.7 Å². The summed E-state index contributed by atoms with van der Waals surface area (Å²) in [6, 6.07) is 8.39. The molecule has 1 aromatic heterocycles. The van der Waals surface area contributed by atoms with Gasteiger partial charge in [0.25, 0.3) is 0 Å². The minimum Gasteiger partial charge on any atom is -0.338 e. The molecular formula is C18H22N4O. The third-order valence-corrected chi connectivity index (χ3v) is 5.14. The fraction of sp³-hybridized carbons (Fsp3) is 0.500. The van der Waals surface area contributed by atoms with Crippen molar-refractivity contribution in [2.75, 3.05) is 7.05 Å². The highest BCUT2D eigenvalue weighted by molar-refractivity contribution is 5.82. The molecule has 2 aromatic rings. The van der Waals surface area contributed by atoms with Crippen LogP contribution in [0.1, 0.15) is 41.5 Å². The van der Waals surface area contributed by atoms with Crippen LogP contribution in [0.15, 0.2) is 24.3 Å². The van der Waals surface area contributed by atoms with Crippen LogP contribution in [0.2, 0.25) is 0 Å². The van der Waals surface area contributed by atoms with Crippen LogP contribution in [-0.2, 0) is 24.3 Å². The van der Waals surface area contributed by atoms with Gasteiger partial charge >= 0.3 is 0 Å². The Labute approximate surface area is 136 Å². The van der Waals surface area contributed by atoms with Crippen LogP contribution in [0.4, 0.5) is 0 Å². The maximum Gasteiger partial charge on any atom is 0.226 e. The van der Waals surface area contributed by atoms with Gasteiger partial charge in [-0.3, -0.25) is 4.79 Å². The molecule has 1 aliphatic carbocycles. The summed E-state index contributed by atoms with van der Waals surface area (Å²) in [5.74, 6) is 2.72. The normalized spacial score (nSPS) is 22.0. The van der Waals surface area contributed by atoms with Crippen LogP contribution in [0.3, 0.4) is 0 Å². The van der Waals surface area contributed by atoms with Crippen molar-refractivity contribution in [1.29, 1.82) is 0 Å². The fourth-order valence-electron chi connectivity index (χ4n) is 3.72. The average Bonchev–Trinajstić information content (AvgIpc) is 3.03. The lowest BCUT2D eigenvalue weighted by Crippen LogP contribution is -2.29. The largest absolute Gasteiger partial charge is 0.338 e. The zero-order valence-corrected chi connectivity index (χ0v) is 13.7. The van der Waals surface area contributed by atoms with Gasteiger partial charge in [-0.05, 0) is 36.8 Å². The summed E-state index contributed by atoms with van der Waals surface area (Å²) in [5.41, 5.74) is 2.60. The molecule has 1 aliphatic heterocycles. The average molecular weight is 310 g/mol. The van der Waals surface area contributed by atoms with Crippen molar-refractivity contribution >= 4 is 5.91 Å². The van der Waals surface area contributed by atoms with Gasteiger partial charge in [0.15, 0.2) is 5.82 Å². The van der Waals surface area contributed by atoms with E-state index in [0.717, 1.165) is 37.5 Å². The Bertz CT molecular complexity index is 751. The van der Waals surface area contributed by atoms with Gasteiger partial charge in [-0.2, -0.15) is 0 Å². The number of hydrogen-bond acceptors (Lipinski definition) is 3. The summed E-state index contributed by atoms with van der Waals surface area (Å²) in [4.78, 5) is 14.5. The van der Waals surface area contributed by atoms with Crippen molar-refractivity contribution in [2.24, 2.45) is 5.92 Å². The number of aryl methyl sites for hydroxylation is 2. The predicted molar refractivity (Wildman–Crippen MR) is 86.8 cm³/mol.